The molecule has 0 aliphatic heterocycles. The fourth-order valence-corrected chi connectivity index (χ4v) is 1.33. The summed E-state index contributed by atoms with van der Waals surface area (Å²) in [5.41, 5.74) is 7.51. The molecule has 5 nitrogen and oxygen atoms in total. The number of nitrogen functional groups attached to an aromatic ring is 1. The van der Waals surface area contributed by atoms with Crippen LogP contribution in [-0.4, -0.2) is 29.0 Å². The highest BCUT2D eigenvalue weighted by Gasteiger charge is 2.02. The zero-order chi connectivity index (χ0) is 11.5. The SMILES string of the molecule is CN(C)c1ncc(-c2ccnc(N)c2)cn1. The van der Waals surface area contributed by atoms with Crippen molar-refractivity contribution in [3.63, 3.8) is 0 Å². The van der Waals surface area contributed by atoms with Gasteiger partial charge in [-0.3, -0.25) is 0 Å². The molecule has 0 fully saturated rings. The van der Waals surface area contributed by atoms with Crippen molar-refractivity contribution in [1.29, 1.82) is 0 Å². The number of rotatable bonds is 2. The van der Waals surface area contributed by atoms with Gasteiger partial charge in [-0.2, -0.15) is 0 Å². The van der Waals surface area contributed by atoms with Gasteiger partial charge in [-0.1, -0.05) is 0 Å². The molecular formula is C11H13N5. The van der Waals surface area contributed by atoms with Crippen molar-refractivity contribution in [3.05, 3.63) is 30.7 Å². The second kappa shape index (κ2) is 4.14. The van der Waals surface area contributed by atoms with E-state index in [1.807, 2.05) is 25.1 Å². The third-order valence-corrected chi connectivity index (χ3v) is 2.15. The minimum Gasteiger partial charge on any atom is -0.384 e. The number of anilines is 2. The maximum Gasteiger partial charge on any atom is 0.224 e. The summed E-state index contributed by atoms with van der Waals surface area (Å²) in [6.07, 6.45) is 5.22. The molecule has 0 aromatic carbocycles. The lowest BCUT2D eigenvalue weighted by Crippen LogP contribution is -2.12. The van der Waals surface area contributed by atoms with Crippen LogP contribution in [0.3, 0.4) is 0 Å². The lowest BCUT2D eigenvalue weighted by atomic mass is 10.1. The molecule has 2 aromatic heterocycles. The Bertz CT molecular complexity index is 478. The van der Waals surface area contributed by atoms with Crippen LogP contribution in [-0.2, 0) is 0 Å². The maximum absolute atomic E-state index is 5.61. The molecular weight excluding hydrogens is 202 g/mol. The molecule has 0 saturated carbocycles. The van der Waals surface area contributed by atoms with Crippen LogP contribution in [0.4, 0.5) is 11.8 Å². The highest BCUT2D eigenvalue weighted by Crippen LogP contribution is 2.19. The molecule has 0 amide bonds. The van der Waals surface area contributed by atoms with Crippen molar-refractivity contribution < 1.29 is 0 Å². The van der Waals surface area contributed by atoms with Crippen LogP contribution in [0.5, 0.6) is 0 Å². The highest BCUT2D eigenvalue weighted by molar-refractivity contribution is 5.64. The average molecular weight is 215 g/mol. The van der Waals surface area contributed by atoms with Crippen molar-refractivity contribution in [2.45, 2.75) is 0 Å². The molecule has 0 bridgehead atoms. The number of nitrogens with zero attached hydrogens (tertiary/aromatic N) is 4. The van der Waals surface area contributed by atoms with Crippen LogP contribution in [0.25, 0.3) is 11.1 Å². The van der Waals surface area contributed by atoms with Gasteiger partial charge in [0, 0.05) is 38.2 Å². The summed E-state index contributed by atoms with van der Waals surface area (Å²) >= 11 is 0. The van der Waals surface area contributed by atoms with Crippen molar-refractivity contribution in [3.8, 4) is 11.1 Å². The van der Waals surface area contributed by atoms with Gasteiger partial charge in [-0.25, -0.2) is 15.0 Å². The van der Waals surface area contributed by atoms with Gasteiger partial charge in [0.15, 0.2) is 0 Å². The van der Waals surface area contributed by atoms with Gasteiger partial charge in [-0.15, -0.1) is 0 Å². The molecule has 2 N–H and O–H groups in total. The molecule has 5 heteroatoms. The maximum atomic E-state index is 5.61. The smallest absolute Gasteiger partial charge is 0.224 e. The summed E-state index contributed by atoms with van der Waals surface area (Å²) in [5.74, 6) is 1.18. The average Bonchev–Trinajstić information content (AvgIpc) is 2.29. The van der Waals surface area contributed by atoms with Gasteiger partial charge in [0.25, 0.3) is 0 Å². The Hall–Kier alpha value is -2.17. The minimum atomic E-state index is 0.495. The van der Waals surface area contributed by atoms with E-state index in [0.29, 0.717) is 11.8 Å². The molecule has 0 atom stereocenters. The third kappa shape index (κ3) is 2.08. The molecule has 82 valence electrons. The first-order chi connectivity index (χ1) is 7.66. The molecule has 0 aliphatic carbocycles. The number of aromatic nitrogens is 3. The van der Waals surface area contributed by atoms with Gasteiger partial charge in [0.1, 0.15) is 5.82 Å². The van der Waals surface area contributed by atoms with Crippen LogP contribution in [0.15, 0.2) is 30.7 Å². The van der Waals surface area contributed by atoms with E-state index in [4.69, 9.17) is 5.73 Å². The lowest BCUT2D eigenvalue weighted by Gasteiger charge is -2.09. The fraction of sp³-hybridized carbons (Fsp3) is 0.182. The second-order valence-corrected chi connectivity index (χ2v) is 3.64. The van der Waals surface area contributed by atoms with Crippen LogP contribution < -0.4 is 10.6 Å². The van der Waals surface area contributed by atoms with Crippen molar-refractivity contribution in [2.75, 3.05) is 24.7 Å². The van der Waals surface area contributed by atoms with Gasteiger partial charge in [0.05, 0.1) is 0 Å². The highest BCUT2D eigenvalue weighted by atomic mass is 15.2. The summed E-state index contributed by atoms with van der Waals surface area (Å²) in [7, 11) is 3.80. The molecule has 16 heavy (non-hydrogen) atoms. The van der Waals surface area contributed by atoms with E-state index < -0.39 is 0 Å². The lowest BCUT2D eigenvalue weighted by molar-refractivity contribution is 1.000. The summed E-state index contributed by atoms with van der Waals surface area (Å²) in [6.45, 7) is 0. The normalized spacial score (nSPS) is 10.1. The number of hydrogen-bond donors (Lipinski definition) is 1. The zero-order valence-electron chi connectivity index (χ0n) is 9.25. The van der Waals surface area contributed by atoms with E-state index in [0.717, 1.165) is 11.1 Å². The predicted molar refractivity (Wildman–Crippen MR) is 64.0 cm³/mol. The Kier molecular flexibility index (Phi) is 2.68. The van der Waals surface area contributed by atoms with Crippen molar-refractivity contribution in [2.24, 2.45) is 0 Å². The van der Waals surface area contributed by atoms with E-state index in [2.05, 4.69) is 15.0 Å². The van der Waals surface area contributed by atoms with Gasteiger partial charge < -0.3 is 10.6 Å². The monoisotopic (exact) mass is 215 g/mol. The minimum absolute atomic E-state index is 0.495. The summed E-state index contributed by atoms with van der Waals surface area (Å²) in [4.78, 5) is 14.3. The van der Waals surface area contributed by atoms with Gasteiger partial charge >= 0.3 is 0 Å². The molecule has 0 unspecified atom stereocenters. The number of hydrogen-bond acceptors (Lipinski definition) is 5. The van der Waals surface area contributed by atoms with Gasteiger partial charge in [0.2, 0.25) is 5.95 Å². The Morgan fingerprint density at radius 1 is 1.06 bits per heavy atom. The van der Waals surface area contributed by atoms with Gasteiger partial charge in [-0.05, 0) is 17.7 Å². The molecule has 0 spiro atoms. The number of nitrogens with two attached hydrogens (primary N) is 1. The van der Waals surface area contributed by atoms with Crippen LogP contribution in [0.2, 0.25) is 0 Å². The van der Waals surface area contributed by atoms with E-state index in [1.165, 1.54) is 0 Å². The summed E-state index contributed by atoms with van der Waals surface area (Å²) < 4.78 is 0. The predicted octanol–water partition coefficient (Wildman–Crippen LogP) is 1.19. The third-order valence-electron chi connectivity index (χ3n) is 2.15. The quantitative estimate of drug-likeness (QED) is 0.814. The molecule has 0 radical (unpaired) electrons. The number of pyridine rings is 1. The van der Waals surface area contributed by atoms with E-state index in [-0.39, 0.29) is 0 Å². The van der Waals surface area contributed by atoms with E-state index in [9.17, 15) is 0 Å². The molecule has 0 aliphatic rings. The van der Waals surface area contributed by atoms with E-state index >= 15 is 0 Å². The summed E-state index contributed by atoms with van der Waals surface area (Å²) in [6, 6.07) is 3.68. The Morgan fingerprint density at radius 2 is 1.75 bits per heavy atom. The first-order valence-electron chi connectivity index (χ1n) is 4.88. The van der Waals surface area contributed by atoms with Crippen molar-refractivity contribution >= 4 is 11.8 Å². The van der Waals surface area contributed by atoms with Crippen LogP contribution in [0, 0.1) is 0 Å². The Labute approximate surface area is 94.0 Å². The molecule has 2 aromatic rings. The van der Waals surface area contributed by atoms with Crippen LogP contribution >= 0.6 is 0 Å². The molecule has 2 heterocycles. The summed E-state index contributed by atoms with van der Waals surface area (Å²) in [5, 5.41) is 0. The van der Waals surface area contributed by atoms with Crippen molar-refractivity contribution in [1.82, 2.24) is 15.0 Å². The van der Waals surface area contributed by atoms with E-state index in [1.54, 1.807) is 24.7 Å². The first-order valence-corrected chi connectivity index (χ1v) is 4.88. The molecule has 0 saturated heterocycles. The first kappa shape index (κ1) is 10.4. The Morgan fingerprint density at radius 3 is 2.31 bits per heavy atom. The standard InChI is InChI=1S/C11H13N5/c1-16(2)11-14-6-9(7-15-11)8-3-4-13-10(12)5-8/h3-7H,1-2H3,(H2,12,13). The Balaban J connectivity index is 2.35. The van der Waals surface area contributed by atoms with Crippen LogP contribution in [0.1, 0.15) is 0 Å². The largest absolute Gasteiger partial charge is 0.384 e. The topological polar surface area (TPSA) is 67.9 Å². The fourth-order valence-electron chi connectivity index (χ4n) is 1.33. The zero-order valence-corrected chi connectivity index (χ0v) is 9.25. The second-order valence-electron chi connectivity index (χ2n) is 3.64. The molecule has 2 rings (SSSR count).